The normalized spacial score (nSPS) is 28.2. The smallest absolute Gasteiger partial charge is 0.236 e. The minimum absolute atomic E-state index is 0.0718. The Hall–Kier alpha value is -2.73. The third kappa shape index (κ3) is 2.49. The molecule has 3 aliphatic heterocycles. The summed E-state index contributed by atoms with van der Waals surface area (Å²) in [6.45, 7) is 5.91. The number of Topliss-reactive ketones (excluding diaryl/α,β-unsaturated/α-hetero) is 1. The highest BCUT2D eigenvalue weighted by atomic mass is 32.1. The molecular weight excluding hydrogens is 396 g/mol. The summed E-state index contributed by atoms with van der Waals surface area (Å²) in [6, 6.07) is 10.5. The number of rotatable bonds is 4. The van der Waals surface area contributed by atoms with Gasteiger partial charge < -0.3 is 4.90 Å². The van der Waals surface area contributed by atoms with Gasteiger partial charge in [-0.25, -0.2) is 0 Å². The van der Waals surface area contributed by atoms with E-state index >= 15 is 0 Å². The Morgan fingerprint density at radius 2 is 1.83 bits per heavy atom. The van der Waals surface area contributed by atoms with Gasteiger partial charge in [-0.2, -0.15) is 0 Å². The molecule has 5 nitrogen and oxygen atoms in total. The lowest BCUT2D eigenvalue weighted by molar-refractivity contribution is -0.142. The standard InChI is InChI=1S/C24H24N2O3S/c1-4-14(3)25-23(28)19-17-12-13(2)15-8-5-6-9-16(15)26(17)21(20(19)24(25)29)22(27)18-10-7-11-30-18/h5-12,14,17,19-21H,4H2,1-3H3/t14-,17+,19-,20-,21+/m1/s1. The van der Waals surface area contributed by atoms with Gasteiger partial charge >= 0.3 is 0 Å². The topological polar surface area (TPSA) is 57.7 Å². The SMILES string of the molecule is CC[C@@H](C)N1C(=O)[C@@H]2[C@H](C1=O)[C@@H]1C=C(C)c3ccccc3N1[C@@H]2C(=O)c1cccs1. The summed E-state index contributed by atoms with van der Waals surface area (Å²) in [7, 11) is 0. The fraction of sp³-hybridized carbons (Fsp3) is 0.375. The maximum absolute atomic E-state index is 13.7. The number of likely N-dealkylation sites (tertiary alicyclic amines) is 1. The average molecular weight is 421 g/mol. The summed E-state index contributed by atoms with van der Waals surface area (Å²) in [5.74, 6) is -1.59. The lowest BCUT2D eigenvalue weighted by Gasteiger charge is -2.38. The summed E-state index contributed by atoms with van der Waals surface area (Å²) in [6.07, 6.45) is 2.78. The third-order valence-electron chi connectivity index (χ3n) is 6.85. The van der Waals surface area contributed by atoms with E-state index in [-0.39, 0.29) is 29.7 Å². The first kappa shape index (κ1) is 19.2. The number of benzene rings is 1. The zero-order valence-electron chi connectivity index (χ0n) is 17.2. The summed E-state index contributed by atoms with van der Waals surface area (Å²) >= 11 is 1.39. The van der Waals surface area contributed by atoms with Crippen LogP contribution in [0, 0.1) is 11.8 Å². The molecule has 4 heterocycles. The minimum atomic E-state index is -0.672. The van der Waals surface area contributed by atoms with E-state index in [1.807, 2.05) is 61.4 Å². The monoisotopic (exact) mass is 420 g/mol. The molecule has 2 fully saturated rings. The number of carbonyl (C=O) groups excluding carboxylic acids is 3. The Labute approximate surface area is 180 Å². The molecule has 1 aromatic heterocycles. The van der Waals surface area contributed by atoms with Crippen molar-refractivity contribution in [1.82, 2.24) is 4.90 Å². The summed E-state index contributed by atoms with van der Waals surface area (Å²) in [5.41, 5.74) is 3.07. The van der Waals surface area contributed by atoms with E-state index in [2.05, 4.69) is 6.08 Å². The number of anilines is 1. The molecule has 0 unspecified atom stereocenters. The van der Waals surface area contributed by atoms with Gasteiger partial charge in [0, 0.05) is 17.3 Å². The number of fused-ring (bicyclic) bond motifs is 5. The summed E-state index contributed by atoms with van der Waals surface area (Å²) in [5, 5.41) is 1.87. The van der Waals surface area contributed by atoms with Gasteiger partial charge in [-0.15, -0.1) is 11.3 Å². The van der Waals surface area contributed by atoms with Crippen LogP contribution in [0.2, 0.25) is 0 Å². The number of nitrogens with zero attached hydrogens (tertiary/aromatic N) is 2. The molecule has 5 atom stereocenters. The minimum Gasteiger partial charge on any atom is -0.352 e. The molecule has 0 N–H and O–H groups in total. The van der Waals surface area contributed by atoms with E-state index in [0.717, 1.165) is 16.8 Å². The van der Waals surface area contributed by atoms with Gasteiger partial charge in [0.25, 0.3) is 0 Å². The zero-order valence-corrected chi connectivity index (χ0v) is 18.1. The number of hydrogen-bond acceptors (Lipinski definition) is 5. The van der Waals surface area contributed by atoms with Gasteiger partial charge in [0.1, 0.15) is 6.04 Å². The van der Waals surface area contributed by atoms with Crippen molar-refractivity contribution in [2.45, 2.75) is 45.3 Å². The van der Waals surface area contributed by atoms with Crippen molar-refractivity contribution in [1.29, 1.82) is 0 Å². The number of carbonyl (C=O) groups is 3. The number of para-hydroxylation sites is 1. The fourth-order valence-electron chi connectivity index (χ4n) is 5.30. The second-order valence-electron chi connectivity index (χ2n) is 8.41. The van der Waals surface area contributed by atoms with Crippen LogP contribution in [0.25, 0.3) is 5.57 Å². The molecule has 1 aromatic carbocycles. The lowest BCUT2D eigenvalue weighted by atomic mass is 9.86. The molecule has 2 amide bonds. The fourth-order valence-corrected chi connectivity index (χ4v) is 6.00. The van der Waals surface area contributed by atoms with E-state index in [1.165, 1.54) is 16.2 Å². The Morgan fingerprint density at radius 3 is 2.53 bits per heavy atom. The first-order chi connectivity index (χ1) is 14.5. The van der Waals surface area contributed by atoms with Gasteiger partial charge in [-0.3, -0.25) is 19.3 Å². The van der Waals surface area contributed by atoms with Gasteiger partial charge in [0.2, 0.25) is 11.8 Å². The van der Waals surface area contributed by atoms with E-state index in [1.54, 1.807) is 6.07 Å². The molecular formula is C24H24N2O3S. The highest BCUT2D eigenvalue weighted by Gasteiger charge is 2.64. The molecule has 154 valence electrons. The molecule has 2 aromatic rings. The Kier molecular flexibility index (Phi) is 4.43. The lowest BCUT2D eigenvalue weighted by Crippen LogP contribution is -2.50. The summed E-state index contributed by atoms with van der Waals surface area (Å²) in [4.78, 5) is 44.8. The Morgan fingerprint density at radius 1 is 1.10 bits per heavy atom. The van der Waals surface area contributed by atoms with Gasteiger partial charge in [0.05, 0.1) is 22.8 Å². The first-order valence-electron chi connectivity index (χ1n) is 10.5. The van der Waals surface area contributed by atoms with Crippen LogP contribution in [0.4, 0.5) is 5.69 Å². The number of allylic oxidation sites excluding steroid dienone is 1. The molecule has 0 saturated carbocycles. The number of amides is 2. The van der Waals surface area contributed by atoms with Crippen molar-refractivity contribution in [3.8, 4) is 0 Å². The van der Waals surface area contributed by atoms with Crippen LogP contribution in [-0.2, 0) is 9.59 Å². The highest BCUT2D eigenvalue weighted by Crippen LogP contribution is 2.50. The van der Waals surface area contributed by atoms with Crippen molar-refractivity contribution >= 4 is 40.2 Å². The van der Waals surface area contributed by atoms with Crippen LogP contribution < -0.4 is 4.90 Å². The van der Waals surface area contributed by atoms with Crippen LogP contribution >= 0.6 is 11.3 Å². The molecule has 6 heteroatoms. The van der Waals surface area contributed by atoms with Crippen molar-refractivity contribution in [3.05, 3.63) is 58.3 Å². The van der Waals surface area contributed by atoms with Crippen molar-refractivity contribution < 1.29 is 14.4 Å². The summed E-state index contributed by atoms with van der Waals surface area (Å²) < 4.78 is 0. The second-order valence-corrected chi connectivity index (χ2v) is 9.35. The van der Waals surface area contributed by atoms with Crippen LogP contribution in [-0.4, -0.2) is 40.6 Å². The van der Waals surface area contributed by atoms with E-state index in [9.17, 15) is 14.4 Å². The van der Waals surface area contributed by atoms with Gasteiger partial charge in [-0.05, 0) is 43.4 Å². The molecule has 2 saturated heterocycles. The van der Waals surface area contributed by atoms with Crippen molar-refractivity contribution in [2.75, 3.05) is 4.90 Å². The van der Waals surface area contributed by atoms with Gasteiger partial charge in [0.15, 0.2) is 5.78 Å². The van der Waals surface area contributed by atoms with Crippen molar-refractivity contribution in [2.24, 2.45) is 11.8 Å². The predicted molar refractivity (Wildman–Crippen MR) is 117 cm³/mol. The van der Waals surface area contributed by atoms with E-state index in [4.69, 9.17) is 0 Å². The first-order valence-corrected chi connectivity index (χ1v) is 11.3. The second kappa shape index (κ2) is 6.91. The van der Waals surface area contributed by atoms with E-state index in [0.29, 0.717) is 11.3 Å². The number of thiophene rings is 1. The van der Waals surface area contributed by atoms with E-state index < -0.39 is 17.9 Å². The van der Waals surface area contributed by atoms with Gasteiger partial charge in [-0.1, -0.05) is 37.3 Å². The maximum atomic E-state index is 13.7. The zero-order chi connectivity index (χ0) is 21.2. The molecule has 0 bridgehead atoms. The molecule has 30 heavy (non-hydrogen) atoms. The van der Waals surface area contributed by atoms with Crippen molar-refractivity contribution in [3.63, 3.8) is 0 Å². The maximum Gasteiger partial charge on any atom is 0.236 e. The third-order valence-corrected chi connectivity index (χ3v) is 7.74. The molecule has 5 rings (SSSR count). The van der Waals surface area contributed by atoms with Crippen LogP contribution in [0.1, 0.15) is 42.4 Å². The van der Waals surface area contributed by atoms with Crippen LogP contribution in [0.3, 0.4) is 0 Å². The van der Waals surface area contributed by atoms with Crippen LogP contribution in [0.15, 0.2) is 47.9 Å². The predicted octanol–water partition coefficient (Wildman–Crippen LogP) is 4.00. The van der Waals surface area contributed by atoms with Crippen LogP contribution in [0.5, 0.6) is 0 Å². The molecule has 0 aliphatic carbocycles. The number of imide groups is 1. The largest absolute Gasteiger partial charge is 0.352 e. The number of hydrogen-bond donors (Lipinski definition) is 0. The molecule has 0 radical (unpaired) electrons. The molecule has 0 spiro atoms. The Balaban J connectivity index is 1.69. The average Bonchev–Trinajstić information content (AvgIpc) is 3.44. The number of ketones is 1. The Bertz CT molecular complexity index is 1070. The molecule has 3 aliphatic rings. The highest BCUT2D eigenvalue weighted by molar-refractivity contribution is 7.12. The quantitative estimate of drug-likeness (QED) is 0.554.